The maximum absolute atomic E-state index is 10.4. The van der Waals surface area contributed by atoms with Gasteiger partial charge >= 0.3 is 0 Å². The van der Waals surface area contributed by atoms with Crippen molar-refractivity contribution in [1.29, 1.82) is 0 Å². The van der Waals surface area contributed by atoms with Crippen LogP contribution in [-0.4, -0.2) is 22.0 Å². The molecular formula is C17H27NOS. The highest BCUT2D eigenvalue weighted by Gasteiger charge is 2.30. The van der Waals surface area contributed by atoms with Crippen molar-refractivity contribution in [3.05, 3.63) is 29.8 Å². The zero-order valence-electron chi connectivity index (χ0n) is 12.9. The van der Waals surface area contributed by atoms with Crippen LogP contribution in [0.25, 0.3) is 0 Å². The van der Waals surface area contributed by atoms with Crippen molar-refractivity contribution in [1.82, 2.24) is 5.32 Å². The van der Waals surface area contributed by atoms with Crippen molar-refractivity contribution in [2.45, 2.75) is 69.0 Å². The maximum atomic E-state index is 10.4. The molecule has 0 amide bonds. The molecule has 2 nitrogen and oxygen atoms in total. The Balaban J connectivity index is 1.89. The average molecular weight is 293 g/mol. The molecule has 1 aromatic rings. The van der Waals surface area contributed by atoms with Crippen LogP contribution in [0.15, 0.2) is 29.2 Å². The summed E-state index contributed by atoms with van der Waals surface area (Å²) < 4.78 is 0. The third kappa shape index (κ3) is 5.12. The van der Waals surface area contributed by atoms with Gasteiger partial charge in [0.15, 0.2) is 0 Å². The van der Waals surface area contributed by atoms with Gasteiger partial charge in [-0.15, -0.1) is 11.8 Å². The van der Waals surface area contributed by atoms with Crippen LogP contribution in [-0.2, 0) is 6.54 Å². The average Bonchev–Trinajstić information content (AvgIpc) is 2.81. The summed E-state index contributed by atoms with van der Waals surface area (Å²) in [5, 5.41) is 13.9. The summed E-state index contributed by atoms with van der Waals surface area (Å²) in [5.41, 5.74) is 1.02. The minimum absolute atomic E-state index is 0.141. The van der Waals surface area contributed by atoms with E-state index in [1.54, 1.807) is 11.8 Å². The molecule has 2 rings (SSSR count). The molecule has 1 aliphatic rings. The Labute approximate surface area is 127 Å². The fourth-order valence-electron chi connectivity index (χ4n) is 2.51. The molecule has 1 saturated carbocycles. The summed E-state index contributed by atoms with van der Waals surface area (Å²) in [7, 11) is 0. The van der Waals surface area contributed by atoms with E-state index < -0.39 is 5.60 Å². The zero-order valence-corrected chi connectivity index (χ0v) is 13.7. The van der Waals surface area contributed by atoms with Crippen LogP contribution >= 0.6 is 11.8 Å². The summed E-state index contributed by atoms with van der Waals surface area (Å²) in [5.74, 6) is 0.823. The Morgan fingerprint density at radius 2 is 1.95 bits per heavy atom. The number of thioether (sulfide) groups is 1. The van der Waals surface area contributed by atoms with Crippen molar-refractivity contribution in [2.24, 2.45) is 0 Å². The summed E-state index contributed by atoms with van der Waals surface area (Å²) in [6, 6.07) is 8.65. The number of benzene rings is 1. The molecule has 0 aliphatic heterocycles. The van der Waals surface area contributed by atoms with Gasteiger partial charge in [-0.1, -0.05) is 25.0 Å². The Morgan fingerprint density at radius 1 is 1.25 bits per heavy atom. The van der Waals surface area contributed by atoms with Crippen LogP contribution in [0.5, 0.6) is 0 Å². The molecule has 2 N–H and O–H groups in total. The molecule has 0 heterocycles. The van der Waals surface area contributed by atoms with Crippen LogP contribution < -0.4 is 5.32 Å². The third-order valence-electron chi connectivity index (χ3n) is 3.76. The van der Waals surface area contributed by atoms with Gasteiger partial charge in [0.1, 0.15) is 0 Å². The normalized spacial score (nSPS) is 18.4. The monoisotopic (exact) mass is 293 g/mol. The lowest BCUT2D eigenvalue weighted by Gasteiger charge is -2.22. The van der Waals surface area contributed by atoms with Crippen molar-refractivity contribution in [3.8, 4) is 0 Å². The molecule has 1 aromatic carbocycles. The maximum Gasteiger partial charge on any atom is 0.0741 e. The van der Waals surface area contributed by atoms with Crippen LogP contribution in [0.4, 0.5) is 0 Å². The van der Waals surface area contributed by atoms with E-state index in [9.17, 15) is 5.11 Å². The first-order valence-electron chi connectivity index (χ1n) is 7.56. The van der Waals surface area contributed by atoms with E-state index >= 15 is 0 Å². The highest BCUT2D eigenvalue weighted by atomic mass is 32.2. The first kappa shape index (κ1) is 15.9. The van der Waals surface area contributed by atoms with Crippen LogP contribution in [0.2, 0.25) is 0 Å². The number of hydrogen-bond donors (Lipinski definition) is 2. The van der Waals surface area contributed by atoms with E-state index in [2.05, 4.69) is 50.4 Å². The molecule has 0 bridgehead atoms. The minimum atomic E-state index is -0.426. The third-order valence-corrected chi connectivity index (χ3v) is 5.03. The summed E-state index contributed by atoms with van der Waals surface area (Å²) in [6.45, 7) is 7.44. The lowest BCUT2D eigenvalue weighted by atomic mass is 10.1. The number of aliphatic hydroxyl groups is 1. The fraction of sp³-hybridized carbons (Fsp3) is 0.647. The van der Waals surface area contributed by atoms with Crippen LogP contribution in [0.3, 0.4) is 0 Å². The zero-order chi connectivity index (χ0) is 14.6. The quantitative estimate of drug-likeness (QED) is 0.806. The second-order valence-electron chi connectivity index (χ2n) is 6.97. The molecule has 0 saturated heterocycles. The SMILES string of the molecule is CC(C)(C)NCc1cccc(SCC2(O)CCCC2)c1. The molecule has 0 aromatic heterocycles. The van der Waals surface area contributed by atoms with E-state index in [0.717, 1.165) is 25.1 Å². The number of hydrogen-bond acceptors (Lipinski definition) is 3. The van der Waals surface area contributed by atoms with Crippen molar-refractivity contribution in [3.63, 3.8) is 0 Å². The molecule has 20 heavy (non-hydrogen) atoms. The van der Waals surface area contributed by atoms with Gasteiger partial charge < -0.3 is 10.4 Å². The smallest absolute Gasteiger partial charge is 0.0741 e. The molecular weight excluding hydrogens is 266 g/mol. The summed E-state index contributed by atoms with van der Waals surface area (Å²) in [4.78, 5) is 1.26. The number of rotatable bonds is 5. The second-order valence-corrected chi connectivity index (χ2v) is 8.02. The molecule has 0 atom stereocenters. The molecule has 0 spiro atoms. The lowest BCUT2D eigenvalue weighted by Crippen LogP contribution is -2.35. The van der Waals surface area contributed by atoms with E-state index in [1.807, 2.05) is 0 Å². The fourth-order valence-corrected chi connectivity index (χ4v) is 3.64. The molecule has 3 heteroatoms. The van der Waals surface area contributed by atoms with Crippen molar-refractivity contribution < 1.29 is 5.11 Å². The highest BCUT2D eigenvalue weighted by Crippen LogP contribution is 2.34. The van der Waals surface area contributed by atoms with E-state index in [1.165, 1.54) is 23.3 Å². The molecule has 0 radical (unpaired) electrons. The minimum Gasteiger partial charge on any atom is -0.389 e. The van der Waals surface area contributed by atoms with Gasteiger partial charge in [0.2, 0.25) is 0 Å². The Bertz CT molecular complexity index is 433. The first-order chi connectivity index (χ1) is 9.36. The Morgan fingerprint density at radius 3 is 2.60 bits per heavy atom. The standard InChI is InChI=1S/C17H27NOS/c1-16(2,3)18-12-14-7-6-8-15(11-14)20-13-17(19)9-4-5-10-17/h6-8,11,18-19H,4-5,9-10,12-13H2,1-3H3. The van der Waals surface area contributed by atoms with Crippen molar-refractivity contribution >= 4 is 11.8 Å². The molecule has 1 aliphatic carbocycles. The van der Waals surface area contributed by atoms with Gasteiger partial charge in [0, 0.05) is 22.7 Å². The van der Waals surface area contributed by atoms with Gasteiger partial charge in [0.25, 0.3) is 0 Å². The van der Waals surface area contributed by atoms with Gasteiger partial charge in [-0.25, -0.2) is 0 Å². The second kappa shape index (κ2) is 6.50. The van der Waals surface area contributed by atoms with Gasteiger partial charge in [-0.05, 0) is 51.3 Å². The largest absolute Gasteiger partial charge is 0.389 e. The Hall–Kier alpha value is -0.510. The van der Waals surface area contributed by atoms with Crippen LogP contribution in [0.1, 0.15) is 52.0 Å². The molecule has 112 valence electrons. The Kier molecular flexibility index (Phi) is 5.16. The van der Waals surface area contributed by atoms with Gasteiger partial charge in [-0.3, -0.25) is 0 Å². The topological polar surface area (TPSA) is 32.3 Å². The predicted molar refractivity (Wildman–Crippen MR) is 87.2 cm³/mol. The van der Waals surface area contributed by atoms with Crippen LogP contribution in [0, 0.1) is 0 Å². The van der Waals surface area contributed by atoms with Gasteiger partial charge in [0.05, 0.1) is 5.60 Å². The lowest BCUT2D eigenvalue weighted by molar-refractivity contribution is 0.0732. The summed E-state index contributed by atoms with van der Waals surface area (Å²) >= 11 is 1.79. The first-order valence-corrected chi connectivity index (χ1v) is 8.54. The molecule has 1 fully saturated rings. The highest BCUT2D eigenvalue weighted by molar-refractivity contribution is 7.99. The van der Waals surface area contributed by atoms with E-state index in [-0.39, 0.29) is 5.54 Å². The van der Waals surface area contributed by atoms with E-state index in [0.29, 0.717) is 0 Å². The number of nitrogens with one attached hydrogen (secondary N) is 1. The van der Waals surface area contributed by atoms with Gasteiger partial charge in [-0.2, -0.15) is 0 Å². The van der Waals surface area contributed by atoms with E-state index in [4.69, 9.17) is 0 Å². The predicted octanol–water partition coefficient (Wildman–Crippen LogP) is 3.97. The van der Waals surface area contributed by atoms with Crippen molar-refractivity contribution in [2.75, 3.05) is 5.75 Å². The molecule has 0 unspecified atom stereocenters. The summed E-state index contributed by atoms with van der Waals surface area (Å²) in [6.07, 6.45) is 4.27.